The Hall–Kier alpha value is -2.05. The van der Waals surface area contributed by atoms with Gasteiger partial charge in [-0.3, -0.25) is 4.57 Å². The molecule has 0 radical (unpaired) electrons. The summed E-state index contributed by atoms with van der Waals surface area (Å²) in [6, 6.07) is 6.98. The number of carbonyl (C=O) groups is 1. The topological polar surface area (TPSA) is 69.9 Å². The molecule has 1 aromatic heterocycles. The first-order valence-electron chi connectivity index (χ1n) is 7.82. The number of rotatable bonds is 3. The van der Waals surface area contributed by atoms with Crippen LogP contribution in [-0.4, -0.2) is 33.4 Å². The lowest BCUT2D eigenvalue weighted by Crippen LogP contribution is -2.31. The van der Waals surface area contributed by atoms with Crippen LogP contribution in [0.2, 0.25) is 0 Å². The molecule has 6 nitrogen and oxygen atoms in total. The molecular weight excluding hydrogens is 310 g/mol. The van der Waals surface area contributed by atoms with Crippen molar-refractivity contribution in [3.63, 3.8) is 0 Å². The zero-order valence-electron chi connectivity index (χ0n) is 15.0. The van der Waals surface area contributed by atoms with E-state index in [0.717, 1.165) is 5.39 Å². The fraction of sp³-hybridized carbons (Fsp3) is 0.500. The molecule has 0 aliphatic heterocycles. The van der Waals surface area contributed by atoms with Crippen LogP contribution < -0.4 is 4.74 Å². The van der Waals surface area contributed by atoms with Crippen molar-refractivity contribution in [1.82, 2.24) is 4.57 Å². The van der Waals surface area contributed by atoms with E-state index in [1.807, 2.05) is 47.6 Å². The van der Waals surface area contributed by atoms with E-state index in [1.165, 1.54) is 4.57 Å². The molecule has 0 amide bonds. The molecule has 2 rings (SSSR count). The molecule has 0 bridgehead atoms. The number of benzene rings is 1. The van der Waals surface area contributed by atoms with Crippen LogP contribution in [0.25, 0.3) is 10.9 Å². The first kappa shape index (κ1) is 18.3. The molecule has 1 N–H and O–H groups in total. The van der Waals surface area contributed by atoms with Gasteiger partial charge in [-0.15, -0.1) is 0 Å². The van der Waals surface area contributed by atoms with Crippen LogP contribution in [0.4, 0.5) is 4.79 Å². The summed E-state index contributed by atoms with van der Waals surface area (Å²) in [7, 11) is 0. The van der Waals surface area contributed by atoms with E-state index in [4.69, 9.17) is 14.2 Å². The standard InChI is InChI=1S/C18H25NO5/c1-17(2,3)23-15(20)19-10-9-12-7-8-13(11-14(12)19)22-16(21)24-18(4,5)6/h7-11,16,21H,1-6H3. The van der Waals surface area contributed by atoms with E-state index in [-0.39, 0.29) is 0 Å². The normalized spacial score (nSPS) is 13.8. The minimum absolute atomic E-state index is 0.391. The second-order valence-electron chi connectivity index (χ2n) is 7.54. The maximum Gasteiger partial charge on any atom is 0.418 e. The molecule has 0 aliphatic rings. The van der Waals surface area contributed by atoms with Gasteiger partial charge in [0, 0.05) is 17.6 Å². The summed E-state index contributed by atoms with van der Waals surface area (Å²) in [6.45, 7) is 9.48. The molecule has 1 aromatic carbocycles. The molecule has 0 aliphatic carbocycles. The Morgan fingerprint density at radius 3 is 2.33 bits per heavy atom. The van der Waals surface area contributed by atoms with Crippen molar-refractivity contribution >= 4 is 17.0 Å². The fourth-order valence-electron chi connectivity index (χ4n) is 2.09. The molecule has 0 saturated heterocycles. The highest BCUT2D eigenvalue weighted by atomic mass is 16.8. The summed E-state index contributed by atoms with van der Waals surface area (Å²) in [4.78, 5) is 12.3. The van der Waals surface area contributed by atoms with Gasteiger partial charge in [-0.1, -0.05) is 0 Å². The first-order chi connectivity index (χ1) is 10.9. The lowest BCUT2D eigenvalue weighted by molar-refractivity contribution is -0.259. The Kier molecular flexibility index (Phi) is 4.92. The van der Waals surface area contributed by atoms with Crippen molar-refractivity contribution < 1.29 is 24.1 Å². The first-order valence-corrected chi connectivity index (χ1v) is 7.82. The SMILES string of the molecule is CC(C)(C)OC(=O)n1ccc2ccc(OC(O)OC(C)(C)C)cc21. The Labute approximate surface area is 141 Å². The van der Waals surface area contributed by atoms with Crippen molar-refractivity contribution in [3.05, 3.63) is 30.5 Å². The van der Waals surface area contributed by atoms with Crippen LogP contribution in [0.1, 0.15) is 41.5 Å². The summed E-state index contributed by atoms with van der Waals surface area (Å²) in [5.74, 6) is 0.391. The Balaban J connectivity index is 2.23. The van der Waals surface area contributed by atoms with Crippen LogP contribution in [-0.2, 0) is 9.47 Å². The summed E-state index contributed by atoms with van der Waals surface area (Å²) >= 11 is 0. The monoisotopic (exact) mass is 335 g/mol. The summed E-state index contributed by atoms with van der Waals surface area (Å²) in [5, 5.41) is 10.7. The van der Waals surface area contributed by atoms with Gasteiger partial charge in [0.2, 0.25) is 0 Å². The van der Waals surface area contributed by atoms with Gasteiger partial charge in [0.25, 0.3) is 0 Å². The highest BCUT2D eigenvalue weighted by Crippen LogP contribution is 2.24. The maximum absolute atomic E-state index is 12.3. The average Bonchev–Trinajstić information content (AvgIpc) is 2.77. The number of carbonyl (C=O) groups excluding carboxylic acids is 1. The van der Waals surface area contributed by atoms with Gasteiger partial charge in [0.1, 0.15) is 11.4 Å². The molecule has 132 valence electrons. The Morgan fingerprint density at radius 1 is 1.08 bits per heavy atom. The van der Waals surface area contributed by atoms with Crippen LogP contribution in [0.5, 0.6) is 5.75 Å². The van der Waals surface area contributed by atoms with Crippen LogP contribution in [0.3, 0.4) is 0 Å². The maximum atomic E-state index is 12.3. The second kappa shape index (κ2) is 6.45. The molecule has 0 fully saturated rings. The number of aromatic nitrogens is 1. The summed E-state index contributed by atoms with van der Waals surface area (Å²) in [6.07, 6.45) is 1.17. The lowest BCUT2D eigenvalue weighted by Gasteiger charge is -2.24. The minimum Gasteiger partial charge on any atom is -0.443 e. The van der Waals surface area contributed by atoms with Gasteiger partial charge in [-0.25, -0.2) is 4.79 Å². The molecule has 1 heterocycles. The fourth-order valence-corrected chi connectivity index (χ4v) is 2.09. The minimum atomic E-state index is -1.40. The summed E-state index contributed by atoms with van der Waals surface area (Å²) < 4.78 is 17.5. The molecule has 2 aromatic rings. The molecular formula is C18H25NO5. The van der Waals surface area contributed by atoms with Gasteiger partial charge >= 0.3 is 12.6 Å². The smallest absolute Gasteiger partial charge is 0.418 e. The highest BCUT2D eigenvalue weighted by molar-refractivity contribution is 5.90. The van der Waals surface area contributed by atoms with E-state index in [2.05, 4.69) is 0 Å². The molecule has 6 heteroatoms. The van der Waals surface area contributed by atoms with E-state index in [1.54, 1.807) is 24.4 Å². The van der Waals surface area contributed by atoms with Crippen molar-refractivity contribution in [2.24, 2.45) is 0 Å². The van der Waals surface area contributed by atoms with Gasteiger partial charge in [-0.05, 0) is 59.7 Å². The number of fused-ring (bicyclic) bond motifs is 1. The van der Waals surface area contributed by atoms with E-state index in [0.29, 0.717) is 11.3 Å². The Morgan fingerprint density at radius 2 is 1.75 bits per heavy atom. The van der Waals surface area contributed by atoms with Crippen molar-refractivity contribution in [2.75, 3.05) is 0 Å². The van der Waals surface area contributed by atoms with Gasteiger partial charge in [0.15, 0.2) is 0 Å². The number of nitrogens with zero attached hydrogens (tertiary/aromatic N) is 1. The van der Waals surface area contributed by atoms with Crippen LogP contribution >= 0.6 is 0 Å². The second-order valence-corrected chi connectivity index (χ2v) is 7.54. The van der Waals surface area contributed by atoms with Crippen LogP contribution in [0, 0.1) is 0 Å². The zero-order valence-corrected chi connectivity index (χ0v) is 15.0. The van der Waals surface area contributed by atoms with Crippen molar-refractivity contribution in [2.45, 2.75) is 59.2 Å². The molecule has 0 spiro atoms. The van der Waals surface area contributed by atoms with Gasteiger partial charge in [-0.2, -0.15) is 0 Å². The predicted molar refractivity (Wildman–Crippen MR) is 91.0 cm³/mol. The van der Waals surface area contributed by atoms with Crippen molar-refractivity contribution in [1.29, 1.82) is 0 Å². The third kappa shape index (κ3) is 4.97. The number of hydrogen-bond donors (Lipinski definition) is 1. The number of ether oxygens (including phenoxy) is 3. The largest absolute Gasteiger partial charge is 0.443 e. The molecule has 0 saturated carbocycles. The number of hydrogen-bond acceptors (Lipinski definition) is 5. The molecule has 1 atom stereocenters. The predicted octanol–water partition coefficient (Wildman–Crippen LogP) is 3.89. The number of aliphatic hydroxyl groups is 1. The highest BCUT2D eigenvalue weighted by Gasteiger charge is 2.20. The molecule has 1 unspecified atom stereocenters. The zero-order chi connectivity index (χ0) is 18.1. The lowest BCUT2D eigenvalue weighted by atomic mass is 10.2. The average molecular weight is 335 g/mol. The quantitative estimate of drug-likeness (QED) is 0.862. The third-order valence-electron chi connectivity index (χ3n) is 2.95. The van der Waals surface area contributed by atoms with E-state index < -0.39 is 23.8 Å². The van der Waals surface area contributed by atoms with Gasteiger partial charge in [0.05, 0.1) is 11.1 Å². The van der Waals surface area contributed by atoms with E-state index in [9.17, 15) is 9.90 Å². The number of aliphatic hydroxyl groups excluding tert-OH is 1. The third-order valence-corrected chi connectivity index (χ3v) is 2.95. The Bertz CT molecular complexity index is 721. The van der Waals surface area contributed by atoms with Crippen LogP contribution in [0.15, 0.2) is 30.5 Å². The molecule has 24 heavy (non-hydrogen) atoms. The van der Waals surface area contributed by atoms with E-state index >= 15 is 0 Å². The van der Waals surface area contributed by atoms with Crippen molar-refractivity contribution in [3.8, 4) is 5.75 Å². The van der Waals surface area contributed by atoms with Gasteiger partial charge < -0.3 is 19.3 Å². The summed E-state index contributed by atoms with van der Waals surface area (Å²) in [5.41, 5.74) is -0.497.